The number of aromatic nitrogens is 4. The van der Waals surface area contributed by atoms with E-state index in [-0.39, 0.29) is 24.1 Å². The van der Waals surface area contributed by atoms with Gasteiger partial charge in [-0.15, -0.1) is 0 Å². The van der Waals surface area contributed by atoms with E-state index in [1.165, 1.54) is 228 Å². The van der Waals surface area contributed by atoms with Crippen molar-refractivity contribution in [1.29, 1.82) is 0 Å². The van der Waals surface area contributed by atoms with Gasteiger partial charge < -0.3 is 71.4 Å². The molecule has 20 nitrogen and oxygen atoms in total. The zero-order valence-corrected chi connectivity index (χ0v) is 83.1. The van der Waals surface area contributed by atoms with E-state index in [1.54, 1.807) is 0 Å². The molecule has 8 amide bonds. The third-order valence-corrected chi connectivity index (χ3v) is 25.9. The van der Waals surface area contributed by atoms with Crippen LogP contribution in [-0.4, -0.2) is 123 Å². The number of aromatic amines is 2. The van der Waals surface area contributed by atoms with Crippen LogP contribution in [0.3, 0.4) is 0 Å². The number of urea groups is 4. The summed E-state index contributed by atoms with van der Waals surface area (Å²) in [5.41, 5.74) is 14.2. The van der Waals surface area contributed by atoms with Crippen LogP contribution in [0.2, 0.25) is 0 Å². The lowest BCUT2D eigenvalue weighted by Gasteiger charge is -2.16. The highest BCUT2D eigenvalue weighted by Crippen LogP contribution is 2.40. The van der Waals surface area contributed by atoms with Crippen LogP contribution in [0.5, 0.6) is 23.0 Å². The average molecular weight is 1840 g/mol. The SMILES string of the molecule is CCCCCCCCCCCCNC(=O)NCCCCOc1ccc(-c2nc(-c3cc4ccc3CCc3ccc(cc3-c3nc(-c5ccc(OCCCCNC(=O)NCCCCCCCCCCCC)cc5)c(-c5ccc(OCCCCNC(=O)NCCCCCCCCCCCC)cc5)[nH]3)CC4)[nH]c2-c2ccc(OCCCCNC(=O)NCCCCCCCCCCCC)cc2)cc1. The molecule has 736 valence electrons. The second kappa shape index (κ2) is 68.1. The maximum absolute atomic E-state index is 12.6. The smallest absolute Gasteiger partial charge is 0.314 e. The van der Waals surface area contributed by atoms with Gasteiger partial charge in [-0.25, -0.2) is 29.1 Å². The van der Waals surface area contributed by atoms with E-state index in [4.69, 9.17) is 28.9 Å². The number of aryl methyl sites for hydroxylation is 4. The van der Waals surface area contributed by atoms with Gasteiger partial charge in [0, 0.05) is 85.7 Å². The fourth-order valence-corrected chi connectivity index (χ4v) is 17.7. The van der Waals surface area contributed by atoms with E-state index in [2.05, 4.69) is 165 Å². The summed E-state index contributed by atoms with van der Waals surface area (Å²) >= 11 is 0. The number of hydrogen-bond acceptors (Lipinski definition) is 10. The number of benzene rings is 6. The lowest BCUT2D eigenvalue weighted by atomic mass is 9.90. The first-order chi connectivity index (χ1) is 66.1. The summed E-state index contributed by atoms with van der Waals surface area (Å²) in [5, 5.41) is 24.3. The highest BCUT2D eigenvalue weighted by molar-refractivity contribution is 5.84. The number of carbonyl (C=O) groups is 4. The van der Waals surface area contributed by atoms with Gasteiger partial charge in [0.05, 0.1) is 49.2 Å². The Morgan fingerprint density at radius 2 is 0.455 bits per heavy atom. The first kappa shape index (κ1) is 108. The third kappa shape index (κ3) is 43.8. The van der Waals surface area contributed by atoms with Crippen molar-refractivity contribution in [1.82, 2.24) is 62.5 Å². The van der Waals surface area contributed by atoms with Crippen LogP contribution in [0.1, 0.15) is 358 Å². The Bertz CT molecular complexity index is 3950. The molecule has 0 atom stereocenters. The maximum atomic E-state index is 12.6. The maximum Gasteiger partial charge on any atom is 0.314 e. The molecule has 0 unspecified atom stereocenters. The molecule has 0 radical (unpaired) electrons. The first-order valence-corrected chi connectivity index (χ1v) is 53.5. The fourth-order valence-electron chi connectivity index (χ4n) is 17.7. The Balaban J connectivity index is 0.846. The van der Waals surface area contributed by atoms with E-state index in [1.807, 2.05) is 48.5 Å². The number of rotatable bonds is 74. The standard InChI is InChI=1S/C114H172N12O8/c1-5-9-13-17-21-25-29-33-37-41-77-115-111(127)119-81-45-49-85-131-99-69-61-95(62-70-99)105-106(96-63-71-100(72-64-96)132-86-50-46-82-120-112(128)116-78-42-38-34-30-26-22-18-14-10-6-2)124-109(123-105)103-89-91-53-54-92-56-58-94(60-59-93(103)57-55-91)104(90-92)110-125-107(97-65-73-101(74-66-97)133-87-51-47-83-121-113(129)117-79-43-39-35-31-27-23-19-15-11-7-3)108(126-110)98-67-75-102(76-68-98)134-88-52-48-84-122-114(130)118-80-44-40-36-32-28-24-20-16-12-8-4/h55-58,61-76,89-90H,5-54,59-60,77-88H2,1-4H3,(H,123,124)(H,125,126)(H2,115,119,127)(H2,116,120,128)(H2,117,121,129)(H2,118,122,130). The topological polar surface area (TPSA) is 259 Å². The average Bonchev–Trinajstić information content (AvgIpc) is 1.63. The van der Waals surface area contributed by atoms with Gasteiger partial charge in [0.25, 0.3) is 0 Å². The number of nitrogens with zero attached hydrogens (tertiary/aromatic N) is 2. The molecule has 4 aliphatic carbocycles. The van der Waals surface area contributed by atoms with E-state index in [0.29, 0.717) is 78.8 Å². The van der Waals surface area contributed by atoms with E-state index in [9.17, 15) is 19.2 Å². The number of H-pyrrole nitrogens is 2. The van der Waals surface area contributed by atoms with Crippen LogP contribution < -0.4 is 61.5 Å². The highest BCUT2D eigenvalue weighted by Gasteiger charge is 2.24. The number of imidazole rings is 2. The minimum atomic E-state index is -0.100. The van der Waals surface area contributed by atoms with Crippen LogP contribution in [0, 0.1) is 0 Å². The van der Waals surface area contributed by atoms with Crippen molar-refractivity contribution in [3.63, 3.8) is 0 Å². The van der Waals surface area contributed by atoms with Crippen LogP contribution >= 0.6 is 0 Å². The molecule has 10 N–H and O–H groups in total. The zero-order chi connectivity index (χ0) is 94.0. The fraction of sp³-hybridized carbons (Fsp3) is 0.596. The molecule has 134 heavy (non-hydrogen) atoms. The zero-order valence-electron chi connectivity index (χ0n) is 83.1. The Hall–Kier alpha value is -9.98. The normalized spacial score (nSPS) is 11.7. The minimum absolute atomic E-state index is 0.1000. The monoisotopic (exact) mass is 1840 g/mol. The molecule has 0 fully saturated rings. The molecule has 4 bridgehead atoms. The molecule has 20 heteroatoms. The quantitative estimate of drug-likeness (QED) is 0.0161. The second-order valence-corrected chi connectivity index (χ2v) is 37.4. The number of amides is 8. The van der Waals surface area contributed by atoms with Crippen molar-refractivity contribution in [2.75, 3.05) is 78.8 Å². The van der Waals surface area contributed by atoms with Crippen LogP contribution in [0.4, 0.5) is 19.2 Å². The van der Waals surface area contributed by atoms with Gasteiger partial charge in [-0.3, -0.25) is 0 Å². The number of ether oxygens (including phenoxy) is 4. The van der Waals surface area contributed by atoms with Crippen molar-refractivity contribution in [2.45, 2.75) is 362 Å². The van der Waals surface area contributed by atoms with Crippen molar-refractivity contribution in [2.24, 2.45) is 0 Å². The van der Waals surface area contributed by atoms with Gasteiger partial charge in [-0.05, 0) is 234 Å². The molecule has 12 rings (SSSR count). The summed E-state index contributed by atoms with van der Waals surface area (Å²) in [6, 6.07) is 46.5. The van der Waals surface area contributed by atoms with E-state index < -0.39 is 0 Å². The predicted molar refractivity (Wildman–Crippen MR) is 557 cm³/mol. The molecule has 8 aromatic rings. The Kier molecular flexibility index (Phi) is 54.7. The molecular weight excluding hydrogens is 1670 g/mol. The van der Waals surface area contributed by atoms with Gasteiger partial charge in [-0.1, -0.05) is 283 Å². The summed E-state index contributed by atoms with van der Waals surface area (Å²) in [7, 11) is 0. The summed E-state index contributed by atoms with van der Waals surface area (Å²) in [6.45, 7) is 16.4. The molecule has 0 saturated carbocycles. The molecule has 0 saturated heterocycles. The van der Waals surface area contributed by atoms with E-state index >= 15 is 0 Å². The van der Waals surface area contributed by atoms with Crippen molar-refractivity contribution >= 4 is 24.1 Å². The molecule has 6 aromatic carbocycles. The predicted octanol–water partition coefficient (Wildman–Crippen LogP) is 28.5. The number of nitrogens with one attached hydrogen (secondary N) is 10. The van der Waals surface area contributed by atoms with Crippen LogP contribution in [-0.2, 0) is 25.7 Å². The Morgan fingerprint density at radius 3 is 0.687 bits per heavy atom. The minimum Gasteiger partial charge on any atom is -0.494 e. The Labute approximate surface area is 806 Å². The summed E-state index contributed by atoms with van der Waals surface area (Å²) in [5.74, 6) is 4.68. The molecule has 0 spiro atoms. The third-order valence-electron chi connectivity index (χ3n) is 25.9. The Morgan fingerprint density at radius 1 is 0.246 bits per heavy atom. The first-order valence-electron chi connectivity index (χ1n) is 53.5. The number of unbranched alkanes of at least 4 members (excludes halogenated alkanes) is 40. The number of hydrogen-bond donors (Lipinski definition) is 10. The number of carbonyl (C=O) groups excluding carboxylic acids is 4. The van der Waals surface area contributed by atoms with Crippen molar-refractivity contribution in [3.8, 4) is 90.8 Å². The van der Waals surface area contributed by atoms with Gasteiger partial charge in [0.15, 0.2) is 0 Å². The van der Waals surface area contributed by atoms with Crippen LogP contribution in [0.15, 0.2) is 133 Å². The second-order valence-electron chi connectivity index (χ2n) is 37.4. The summed E-state index contributed by atoms with van der Waals surface area (Å²) in [4.78, 5) is 69.4. The van der Waals surface area contributed by atoms with Crippen LogP contribution in [0.25, 0.3) is 67.8 Å². The molecule has 4 aliphatic rings. The van der Waals surface area contributed by atoms with E-state index in [0.717, 1.165) is 219 Å². The van der Waals surface area contributed by atoms with Crippen molar-refractivity contribution in [3.05, 3.63) is 156 Å². The van der Waals surface area contributed by atoms with Gasteiger partial charge in [0.2, 0.25) is 0 Å². The van der Waals surface area contributed by atoms with Gasteiger partial charge in [0.1, 0.15) is 34.6 Å². The largest absolute Gasteiger partial charge is 0.494 e. The van der Waals surface area contributed by atoms with Gasteiger partial charge in [-0.2, -0.15) is 0 Å². The molecule has 2 heterocycles. The summed E-state index contributed by atoms with van der Waals surface area (Å²) < 4.78 is 25.3. The highest BCUT2D eigenvalue weighted by atomic mass is 16.5. The van der Waals surface area contributed by atoms with Gasteiger partial charge >= 0.3 is 24.1 Å². The lowest BCUT2D eigenvalue weighted by molar-refractivity contribution is 0.239. The van der Waals surface area contributed by atoms with Crippen molar-refractivity contribution < 1.29 is 38.1 Å². The molecule has 0 aliphatic heterocycles. The molecule has 2 aromatic heterocycles. The molecular formula is C114H172N12O8. The lowest BCUT2D eigenvalue weighted by Crippen LogP contribution is -2.36. The summed E-state index contributed by atoms with van der Waals surface area (Å²) in [6.07, 6.45) is 60.3.